The number of hydrogen-bond donors (Lipinski definition) is 1. The highest BCUT2D eigenvalue weighted by atomic mass is 16.5. The molecule has 186 valence electrons. The van der Waals surface area contributed by atoms with Crippen molar-refractivity contribution in [3.8, 4) is 22.8 Å². The van der Waals surface area contributed by atoms with Gasteiger partial charge in [0.1, 0.15) is 17.0 Å². The van der Waals surface area contributed by atoms with E-state index in [1.165, 1.54) is 0 Å². The number of methoxy groups -OCH3 is 1. The van der Waals surface area contributed by atoms with Crippen LogP contribution in [-0.4, -0.2) is 47.3 Å². The highest BCUT2D eigenvalue weighted by Crippen LogP contribution is 2.29. The molecule has 0 saturated carbocycles. The monoisotopic (exact) mass is 485 g/mol. The average molecular weight is 486 g/mol. The van der Waals surface area contributed by atoms with Gasteiger partial charge in [0, 0.05) is 43.2 Å². The van der Waals surface area contributed by atoms with Crippen LogP contribution in [0.2, 0.25) is 0 Å². The van der Waals surface area contributed by atoms with Crippen molar-refractivity contribution in [1.82, 2.24) is 19.9 Å². The van der Waals surface area contributed by atoms with E-state index < -0.39 is 0 Å². The van der Waals surface area contributed by atoms with Gasteiger partial charge >= 0.3 is 0 Å². The summed E-state index contributed by atoms with van der Waals surface area (Å²) >= 11 is 0. The lowest BCUT2D eigenvalue weighted by Crippen LogP contribution is -2.43. The van der Waals surface area contributed by atoms with E-state index in [0.29, 0.717) is 19.7 Å². The topological polar surface area (TPSA) is 81.0 Å². The number of anilines is 1. The molecule has 1 atom stereocenters. The van der Waals surface area contributed by atoms with Gasteiger partial charge in [-0.15, -0.1) is 0 Å². The second-order valence-electron chi connectivity index (χ2n) is 8.89. The Morgan fingerprint density at radius 3 is 2.92 bits per heavy atom. The van der Waals surface area contributed by atoms with Gasteiger partial charge in [-0.1, -0.05) is 30.3 Å². The van der Waals surface area contributed by atoms with Crippen molar-refractivity contribution >= 4 is 17.2 Å². The zero-order valence-electron chi connectivity index (χ0n) is 20.7. The molecule has 0 aliphatic carbocycles. The maximum atomic E-state index is 13.1. The van der Waals surface area contributed by atoms with Crippen LogP contribution in [0.5, 0.6) is 11.5 Å². The number of nitrogens with one attached hydrogen (secondary N) is 1. The van der Waals surface area contributed by atoms with Crippen molar-refractivity contribution in [2.24, 2.45) is 5.92 Å². The Kier molecular flexibility index (Phi) is 7.02. The summed E-state index contributed by atoms with van der Waals surface area (Å²) in [6.45, 7) is 4.47. The Hall–Kier alpha value is -4.07. The minimum absolute atomic E-state index is 0.0588. The lowest BCUT2D eigenvalue weighted by atomic mass is 9.97. The molecule has 1 amide bonds. The van der Waals surface area contributed by atoms with Crippen LogP contribution in [-0.2, 0) is 11.3 Å². The standard InChI is InChI=1S/C28H31N5O3/c1-3-36-26-12-5-4-8-21(26)18-30-28(34)22-10-7-14-32(19-22)27-25-17-24(31-33(25)15-13-29-27)20-9-6-11-23(16-20)35-2/h4-6,8-9,11-13,15-17,22H,3,7,10,14,18-19H2,1-2H3,(H,30,34)/t22-/m0/s1. The van der Waals surface area contributed by atoms with Gasteiger partial charge in [-0.2, -0.15) is 5.10 Å². The molecule has 1 aliphatic rings. The molecule has 2 aromatic carbocycles. The number of para-hydroxylation sites is 1. The summed E-state index contributed by atoms with van der Waals surface area (Å²) in [6.07, 6.45) is 5.39. The van der Waals surface area contributed by atoms with Crippen molar-refractivity contribution in [2.75, 3.05) is 31.7 Å². The van der Waals surface area contributed by atoms with Gasteiger partial charge in [-0.25, -0.2) is 9.50 Å². The molecule has 5 rings (SSSR count). The van der Waals surface area contributed by atoms with Crippen molar-refractivity contribution in [2.45, 2.75) is 26.3 Å². The summed E-state index contributed by atoms with van der Waals surface area (Å²) in [4.78, 5) is 20.0. The fourth-order valence-electron chi connectivity index (χ4n) is 4.73. The van der Waals surface area contributed by atoms with Gasteiger partial charge in [0.05, 0.1) is 25.3 Å². The Labute approximate surface area is 210 Å². The number of carbonyl (C=O) groups excluding carboxylic acids is 1. The summed E-state index contributed by atoms with van der Waals surface area (Å²) in [5, 5.41) is 7.88. The zero-order chi connectivity index (χ0) is 24.9. The first-order valence-electron chi connectivity index (χ1n) is 12.4. The van der Waals surface area contributed by atoms with E-state index in [9.17, 15) is 4.79 Å². The number of rotatable bonds is 8. The summed E-state index contributed by atoms with van der Waals surface area (Å²) in [5.41, 5.74) is 3.73. The van der Waals surface area contributed by atoms with Crippen molar-refractivity contribution in [3.63, 3.8) is 0 Å². The number of hydrogen-bond acceptors (Lipinski definition) is 6. The molecule has 3 heterocycles. The van der Waals surface area contributed by atoms with Crippen LogP contribution >= 0.6 is 0 Å². The average Bonchev–Trinajstić information content (AvgIpc) is 3.37. The molecule has 36 heavy (non-hydrogen) atoms. The van der Waals surface area contributed by atoms with Crippen LogP contribution in [0, 0.1) is 5.92 Å². The molecule has 1 aliphatic heterocycles. The molecular weight excluding hydrogens is 454 g/mol. The van der Waals surface area contributed by atoms with Gasteiger partial charge in [0.25, 0.3) is 0 Å². The van der Waals surface area contributed by atoms with Crippen LogP contribution < -0.4 is 19.7 Å². The Morgan fingerprint density at radius 1 is 1.17 bits per heavy atom. The van der Waals surface area contributed by atoms with Gasteiger partial charge < -0.3 is 19.7 Å². The number of amides is 1. The van der Waals surface area contributed by atoms with Gasteiger partial charge in [0.15, 0.2) is 5.82 Å². The summed E-state index contributed by atoms with van der Waals surface area (Å²) in [5.74, 6) is 2.40. The van der Waals surface area contributed by atoms with Crippen molar-refractivity contribution in [3.05, 3.63) is 72.6 Å². The summed E-state index contributed by atoms with van der Waals surface area (Å²) < 4.78 is 12.9. The Balaban J connectivity index is 1.32. The number of benzene rings is 2. The van der Waals surface area contributed by atoms with E-state index in [-0.39, 0.29) is 11.8 Å². The van der Waals surface area contributed by atoms with Crippen LogP contribution in [0.1, 0.15) is 25.3 Å². The second-order valence-corrected chi connectivity index (χ2v) is 8.89. The minimum Gasteiger partial charge on any atom is -0.497 e. The molecule has 1 saturated heterocycles. The molecule has 1 fully saturated rings. The number of carbonyl (C=O) groups is 1. The highest BCUT2D eigenvalue weighted by molar-refractivity contribution is 5.81. The molecule has 8 nitrogen and oxygen atoms in total. The predicted molar refractivity (Wildman–Crippen MR) is 139 cm³/mol. The van der Waals surface area contributed by atoms with Gasteiger partial charge in [-0.3, -0.25) is 4.79 Å². The molecule has 8 heteroatoms. The first-order chi connectivity index (χ1) is 17.7. The van der Waals surface area contributed by atoms with Crippen LogP contribution in [0.15, 0.2) is 67.0 Å². The molecule has 0 bridgehead atoms. The van der Waals surface area contributed by atoms with Gasteiger partial charge in [0.2, 0.25) is 5.91 Å². The second kappa shape index (κ2) is 10.7. The van der Waals surface area contributed by atoms with Crippen LogP contribution in [0.3, 0.4) is 0 Å². The number of fused-ring (bicyclic) bond motifs is 1. The normalized spacial score (nSPS) is 15.6. The van der Waals surface area contributed by atoms with Crippen LogP contribution in [0.25, 0.3) is 16.8 Å². The molecule has 2 aromatic heterocycles. The van der Waals surface area contributed by atoms with Crippen molar-refractivity contribution in [1.29, 1.82) is 0 Å². The fraction of sp³-hybridized carbons (Fsp3) is 0.321. The minimum atomic E-state index is -0.110. The fourth-order valence-corrected chi connectivity index (χ4v) is 4.73. The van der Waals surface area contributed by atoms with Gasteiger partial charge in [-0.05, 0) is 44.0 Å². The maximum Gasteiger partial charge on any atom is 0.225 e. The predicted octanol–water partition coefficient (Wildman–Crippen LogP) is 4.34. The molecule has 4 aromatic rings. The zero-order valence-corrected chi connectivity index (χ0v) is 20.7. The number of aromatic nitrogens is 3. The first-order valence-corrected chi connectivity index (χ1v) is 12.4. The largest absolute Gasteiger partial charge is 0.497 e. The van der Waals surface area contributed by atoms with Crippen molar-refractivity contribution < 1.29 is 14.3 Å². The quantitative estimate of drug-likeness (QED) is 0.400. The molecule has 0 radical (unpaired) electrons. The molecule has 1 N–H and O–H groups in total. The molecular formula is C28H31N5O3. The molecule has 0 spiro atoms. The van der Waals surface area contributed by atoms with E-state index in [1.54, 1.807) is 13.3 Å². The Bertz CT molecular complexity index is 1350. The lowest BCUT2D eigenvalue weighted by Gasteiger charge is -2.33. The first kappa shape index (κ1) is 23.7. The smallest absolute Gasteiger partial charge is 0.225 e. The van der Waals surface area contributed by atoms with E-state index in [2.05, 4.69) is 15.2 Å². The summed E-state index contributed by atoms with van der Waals surface area (Å²) in [7, 11) is 1.66. The van der Waals surface area contributed by atoms with E-state index in [1.807, 2.05) is 72.2 Å². The Morgan fingerprint density at radius 2 is 2.06 bits per heavy atom. The number of nitrogens with zero attached hydrogens (tertiary/aromatic N) is 4. The van der Waals surface area contributed by atoms with E-state index >= 15 is 0 Å². The number of piperidine rings is 1. The SMILES string of the molecule is CCOc1ccccc1CNC(=O)[C@H]1CCCN(c2nccn3nc(-c4cccc(OC)c4)cc23)C1. The van der Waals surface area contributed by atoms with Crippen LogP contribution in [0.4, 0.5) is 5.82 Å². The van der Waals surface area contributed by atoms with E-state index in [0.717, 1.165) is 59.0 Å². The third-order valence-corrected chi connectivity index (χ3v) is 6.55. The number of ether oxygens (including phenoxy) is 2. The third-order valence-electron chi connectivity index (χ3n) is 6.55. The lowest BCUT2D eigenvalue weighted by molar-refractivity contribution is -0.125. The highest BCUT2D eigenvalue weighted by Gasteiger charge is 2.28. The molecule has 0 unspecified atom stereocenters. The summed E-state index contributed by atoms with van der Waals surface area (Å²) in [6, 6.07) is 17.7. The van der Waals surface area contributed by atoms with E-state index in [4.69, 9.17) is 14.6 Å². The third kappa shape index (κ3) is 4.98. The maximum absolute atomic E-state index is 13.1.